The molecule has 0 aromatic heterocycles. The van der Waals surface area contributed by atoms with Crippen LogP contribution in [0.2, 0.25) is 0 Å². The number of urea groups is 1. The average molecular weight is 381 g/mol. The van der Waals surface area contributed by atoms with E-state index in [2.05, 4.69) is 12.2 Å². The molecule has 0 saturated carbocycles. The molecule has 1 aliphatic heterocycles. The summed E-state index contributed by atoms with van der Waals surface area (Å²) in [5, 5.41) is 2.92. The van der Waals surface area contributed by atoms with Crippen LogP contribution in [0.3, 0.4) is 0 Å². The molecule has 28 heavy (non-hydrogen) atoms. The molecule has 1 saturated heterocycles. The third-order valence-corrected chi connectivity index (χ3v) is 4.87. The third-order valence-electron chi connectivity index (χ3n) is 4.87. The molecule has 0 spiro atoms. The molecule has 1 atom stereocenters. The van der Waals surface area contributed by atoms with Crippen molar-refractivity contribution in [2.24, 2.45) is 0 Å². The molecule has 6 nitrogen and oxygen atoms in total. The van der Waals surface area contributed by atoms with Gasteiger partial charge in [0.15, 0.2) is 0 Å². The van der Waals surface area contributed by atoms with Crippen LogP contribution in [0, 0.1) is 0 Å². The zero-order valence-corrected chi connectivity index (χ0v) is 16.4. The number of carbonyl (C=O) groups is 2. The van der Waals surface area contributed by atoms with Gasteiger partial charge in [-0.3, -0.25) is 4.79 Å². The van der Waals surface area contributed by atoms with E-state index in [0.29, 0.717) is 37.4 Å². The zero-order valence-electron chi connectivity index (χ0n) is 16.4. The minimum absolute atomic E-state index is 0.00977. The van der Waals surface area contributed by atoms with Gasteiger partial charge >= 0.3 is 6.03 Å². The molecule has 1 aliphatic rings. The van der Waals surface area contributed by atoms with Crippen molar-refractivity contribution in [3.05, 3.63) is 60.2 Å². The summed E-state index contributed by atoms with van der Waals surface area (Å²) in [6, 6.07) is 16.5. The minimum atomic E-state index is -0.160. The number of anilines is 1. The van der Waals surface area contributed by atoms with Gasteiger partial charge in [-0.15, -0.1) is 0 Å². The first-order valence-corrected chi connectivity index (χ1v) is 9.73. The summed E-state index contributed by atoms with van der Waals surface area (Å²) in [6.45, 7) is 6.15. The van der Waals surface area contributed by atoms with Gasteiger partial charge in [0.05, 0.1) is 6.10 Å². The molecule has 1 N–H and O–H groups in total. The number of benzene rings is 2. The average Bonchev–Trinajstić information content (AvgIpc) is 2.74. The van der Waals surface area contributed by atoms with Gasteiger partial charge in [-0.25, -0.2) is 4.79 Å². The van der Waals surface area contributed by atoms with Gasteiger partial charge in [-0.1, -0.05) is 31.2 Å². The molecule has 1 fully saturated rings. The Labute approximate surface area is 166 Å². The Bertz CT molecular complexity index is 802. The lowest BCUT2D eigenvalue weighted by atomic mass is 10.2. The molecule has 6 heteroatoms. The third kappa shape index (κ3) is 5.03. The largest absolute Gasteiger partial charge is 0.491 e. The molecule has 1 unspecified atom stereocenters. The molecule has 3 amide bonds. The molecular weight excluding hydrogens is 354 g/mol. The number of nitrogens with zero attached hydrogens (tertiary/aromatic N) is 2. The van der Waals surface area contributed by atoms with Crippen molar-refractivity contribution in [2.75, 3.05) is 31.5 Å². The Morgan fingerprint density at radius 3 is 2.36 bits per heavy atom. The number of hydrogen-bond acceptors (Lipinski definition) is 3. The molecule has 3 rings (SSSR count). The second-order valence-corrected chi connectivity index (χ2v) is 6.94. The number of rotatable bonds is 5. The van der Waals surface area contributed by atoms with Crippen molar-refractivity contribution < 1.29 is 14.3 Å². The maximum Gasteiger partial charge on any atom is 0.321 e. The van der Waals surface area contributed by atoms with Crippen LogP contribution in [0.15, 0.2) is 54.6 Å². The van der Waals surface area contributed by atoms with Gasteiger partial charge in [0, 0.05) is 43.5 Å². The van der Waals surface area contributed by atoms with Crippen molar-refractivity contribution in [1.29, 1.82) is 0 Å². The van der Waals surface area contributed by atoms with E-state index < -0.39 is 0 Å². The highest BCUT2D eigenvalue weighted by atomic mass is 16.5. The fourth-order valence-electron chi connectivity index (χ4n) is 3.04. The first-order valence-electron chi connectivity index (χ1n) is 9.73. The zero-order chi connectivity index (χ0) is 19.9. The van der Waals surface area contributed by atoms with Crippen molar-refractivity contribution in [1.82, 2.24) is 9.80 Å². The lowest BCUT2D eigenvalue weighted by molar-refractivity contribution is 0.0671. The molecule has 2 aromatic rings. The first kappa shape index (κ1) is 19.7. The van der Waals surface area contributed by atoms with E-state index in [1.807, 2.05) is 61.5 Å². The number of piperazine rings is 1. The van der Waals surface area contributed by atoms with Crippen molar-refractivity contribution in [3.63, 3.8) is 0 Å². The number of carbonyl (C=O) groups excluding carboxylic acids is 2. The van der Waals surface area contributed by atoms with Gasteiger partial charge < -0.3 is 19.9 Å². The number of ether oxygens (including phenoxy) is 1. The molecule has 2 aromatic carbocycles. The van der Waals surface area contributed by atoms with Crippen molar-refractivity contribution >= 4 is 17.6 Å². The van der Waals surface area contributed by atoms with E-state index in [1.54, 1.807) is 9.80 Å². The van der Waals surface area contributed by atoms with E-state index in [1.165, 1.54) is 0 Å². The second-order valence-electron chi connectivity index (χ2n) is 6.94. The standard InChI is InChI=1S/C22H27N3O3/c1-3-17(2)28-20-11-7-10-19(16-20)23-22(27)25-14-12-24(13-15-25)21(26)18-8-5-4-6-9-18/h4-11,16-17H,3,12-15H2,1-2H3,(H,23,27). The Morgan fingerprint density at radius 1 is 1.00 bits per heavy atom. The van der Waals surface area contributed by atoms with E-state index >= 15 is 0 Å². The summed E-state index contributed by atoms with van der Waals surface area (Å²) < 4.78 is 5.80. The normalized spacial score (nSPS) is 15.1. The number of hydrogen-bond donors (Lipinski definition) is 1. The molecule has 0 radical (unpaired) electrons. The van der Waals surface area contributed by atoms with E-state index in [9.17, 15) is 9.59 Å². The predicted molar refractivity (Wildman–Crippen MR) is 110 cm³/mol. The van der Waals surface area contributed by atoms with Crippen LogP contribution in [0.1, 0.15) is 30.6 Å². The molecule has 0 aliphatic carbocycles. The first-order chi connectivity index (χ1) is 13.6. The van der Waals surface area contributed by atoms with Crippen LogP contribution in [0.4, 0.5) is 10.5 Å². The molecular formula is C22H27N3O3. The molecule has 0 bridgehead atoms. The summed E-state index contributed by atoms with van der Waals surface area (Å²) in [6.07, 6.45) is 1.05. The Kier molecular flexibility index (Phi) is 6.53. The van der Waals surface area contributed by atoms with E-state index in [-0.39, 0.29) is 18.0 Å². The SMILES string of the molecule is CCC(C)Oc1cccc(NC(=O)N2CCN(C(=O)c3ccccc3)CC2)c1. The van der Waals surface area contributed by atoms with Crippen LogP contribution < -0.4 is 10.1 Å². The molecule has 148 valence electrons. The van der Waals surface area contributed by atoms with Crippen LogP contribution in [0.25, 0.3) is 0 Å². The van der Waals surface area contributed by atoms with Crippen molar-refractivity contribution in [3.8, 4) is 5.75 Å². The highest BCUT2D eigenvalue weighted by Gasteiger charge is 2.24. The highest BCUT2D eigenvalue weighted by molar-refractivity contribution is 5.94. The van der Waals surface area contributed by atoms with E-state index in [0.717, 1.165) is 12.2 Å². The van der Waals surface area contributed by atoms with Gasteiger partial charge in [-0.05, 0) is 37.6 Å². The quantitative estimate of drug-likeness (QED) is 0.856. The predicted octanol–water partition coefficient (Wildman–Crippen LogP) is 3.85. The lowest BCUT2D eigenvalue weighted by Crippen LogP contribution is -2.51. The monoisotopic (exact) mass is 381 g/mol. The summed E-state index contributed by atoms with van der Waals surface area (Å²) in [5.74, 6) is 0.751. The lowest BCUT2D eigenvalue weighted by Gasteiger charge is -2.34. The Hall–Kier alpha value is -3.02. The maximum atomic E-state index is 12.6. The van der Waals surface area contributed by atoms with E-state index in [4.69, 9.17) is 4.74 Å². The summed E-state index contributed by atoms with van der Waals surface area (Å²) >= 11 is 0. The number of nitrogens with one attached hydrogen (secondary N) is 1. The van der Waals surface area contributed by atoms with Crippen LogP contribution in [-0.4, -0.2) is 54.0 Å². The van der Waals surface area contributed by atoms with Crippen LogP contribution in [0.5, 0.6) is 5.75 Å². The molecule has 1 heterocycles. The number of amides is 3. The van der Waals surface area contributed by atoms with Gasteiger partial charge in [0.2, 0.25) is 0 Å². The van der Waals surface area contributed by atoms with Crippen molar-refractivity contribution in [2.45, 2.75) is 26.4 Å². The highest BCUT2D eigenvalue weighted by Crippen LogP contribution is 2.20. The summed E-state index contributed by atoms with van der Waals surface area (Å²) in [7, 11) is 0. The van der Waals surface area contributed by atoms with Gasteiger partial charge in [0.1, 0.15) is 5.75 Å². The Balaban J connectivity index is 1.53. The summed E-state index contributed by atoms with van der Waals surface area (Å²) in [5.41, 5.74) is 1.38. The minimum Gasteiger partial charge on any atom is -0.491 e. The smallest absolute Gasteiger partial charge is 0.321 e. The topological polar surface area (TPSA) is 61.9 Å². The fraction of sp³-hybridized carbons (Fsp3) is 0.364. The van der Waals surface area contributed by atoms with Gasteiger partial charge in [-0.2, -0.15) is 0 Å². The fourth-order valence-corrected chi connectivity index (χ4v) is 3.04. The van der Waals surface area contributed by atoms with Crippen LogP contribution >= 0.6 is 0 Å². The Morgan fingerprint density at radius 2 is 1.68 bits per heavy atom. The maximum absolute atomic E-state index is 12.6. The second kappa shape index (κ2) is 9.26. The van der Waals surface area contributed by atoms with Gasteiger partial charge in [0.25, 0.3) is 5.91 Å². The summed E-state index contributed by atoms with van der Waals surface area (Å²) in [4.78, 5) is 28.6. The van der Waals surface area contributed by atoms with Crippen LogP contribution in [-0.2, 0) is 0 Å².